The smallest absolute Gasteiger partial charge is 0.139 e. The average Bonchev–Trinajstić information content (AvgIpc) is 2.90. The molecule has 0 fully saturated rings. The van der Waals surface area contributed by atoms with Crippen molar-refractivity contribution in [2.75, 3.05) is 0 Å². The molecule has 21 heavy (non-hydrogen) atoms. The van der Waals surface area contributed by atoms with Crippen molar-refractivity contribution in [1.82, 2.24) is 15.0 Å². The standard InChI is InChI=1S/C18H11N3/c1-3-7-15-11(5-1)13-9-14-12-6-2-4-8-16(12)20-18(14)21-17(13)10-19-15/h1-10H,(H,20,21). The van der Waals surface area contributed by atoms with E-state index in [-0.39, 0.29) is 0 Å². The van der Waals surface area contributed by atoms with E-state index < -0.39 is 0 Å². The lowest BCUT2D eigenvalue weighted by atomic mass is 10.1. The van der Waals surface area contributed by atoms with Gasteiger partial charge in [-0.2, -0.15) is 0 Å². The monoisotopic (exact) mass is 269 g/mol. The molecule has 0 saturated heterocycles. The number of aromatic amines is 1. The van der Waals surface area contributed by atoms with E-state index in [1.54, 1.807) is 0 Å². The SMILES string of the molecule is c1ccc2c(c1)ncc1nc3[nH]c4ccccc4c3cc12. The zero-order valence-electron chi connectivity index (χ0n) is 11.2. The van der Waals surface area contributed by atoms with Gasteiger partial charge in [-0.15, -0.1) is 0 Å². The maximum atomic E-state index is 4.75. The molecule has 0 aliphatic rings. The molecular weight excluding hydrogens is 258 g/mol. The number of aromatic nitrogens is 3. The van der Waals surface area contributed by atoms with Crippen molar-refractivity contribution in [3.05, 3.63) is 60.8 Å². The van der Waals surface area contributed by atoms with Crippen LogP contribution in [0, 0.1) is 0 Å². The molecule has 98 valence electrons. The van der Waals surface area contributed by atoms with Gasteiger partial charge in [0.2, 0.25) is 0 Å². The largest absolute Gasteiger partial charge is 0.339 e. The first kappa shape index (κ1) is 10.8. The summed E-state index contributed by atoms with van der Waals surface area (Å²) in [6.07, 6.45) is 1.85. The van der Waals surface area contributed by atoms with Crippen LogP contribution in [-0.2, 0) is 0 Å². The summed E-state index contributed by atoms with van der Waals surface area (Å²) in [5.41, 5.74) is 3.96. The number of pyridine rings is 2. The minimum atomic E-state index is 0.917. The number of fused-ring (bicyclic) bond motifs is 6. The van der Waals surface area contributed by atoms with E-state index in [1.807, 2.05) is 30.5 Å². The van der Waals surface area contributed by atoms with E-state index >= 15 is 0 Å². The Morgan fingerprint density at radius 1 is 0.714 bits per heavy atom. The van der Waals surface area contributed by atoms with Gasteiger partial charge in [0.1, 0.15) is 5.65 Å². The molecule has 0 aliphatic heterocycles. The Morgan fingerprint density at radius 2 is 1.52 bits per heavy atom. The molecule has 0 spiro atoms. The van der Waals surface area contributed by atoms with Gasteiger partial charge in [-0.25, -0.2) is 4.98 Å². The maximum absolute atomic E-state index is 4.75. The van der Waals surface area contributed by atoms with Gasteiger partial charge in [-0.3, -0.25) is 4.98 Å². The molecule has 3 heterocycles. The Balaban J connectivity index is 2.06. The Morgan fingerprint density at radius 3 is 2.48 bits per heavy atom. The summed E-state index contributed by atoms with van der Waals surface area (Å²) >= 11 is 0. The van der Waals surface area contributed by atoms with Crippen LogP contribution in [0.2, 0.25) is 0 Å². The van der Waals surface area contributed by atoms with E-state index in [0.29, 0.717) is 0 Å². The number of hydrogen-bond acceptors (Lipinski definition) is 2. The minimum absolute atomic E-state index is 0.917. The first-order chi connectivity index (χ1) is 10.4. The van der Waals surface area contributed by atoms with E-state index in [4.69, 9.17) is 4.98 Å². The first-order valence-corrected chi connectivity index (χ1v) is 6.95. The molecule has 0 unspecified atom stereocenters. The quantitative estimate of drug-likeness (QED) is 0.423. The number of para-hydroxylation sites is 2. The molecule has 3 aromatic heterocycles. The molecule has 0 bridgehead atoms. The van der Waals surface area contributed by atoms with Crippen LogP contribution >= 0.6 is 0 Å². The number of nitrogens with zero attached hydrogens (tertiary/aromatic N) is 2. The van der Waals surface area contributed by atoms with Crippen LogP contribution in [0.3, 0.4) is 0 Å². The van der Waals surface area contributed by atoms with Crippen LogP contribution in [0.1, 0.15) is 0 Å². The lowest BCUT2D eigenvalue weighted by Crippen LogP contribution is -1.85. The summed E-state index contributed by atoms with van der Waals surface area (Å²) in [6, 6.07) is 18.7. The molecule has 0 saturated carbocycles. The van der Waals surface area contributed by atoms with Crippen LogP contribution in [0.25, 0.3) is 43.7 Å². The van der Waals surface area contributed by atoms with Crippen molar-refractivity contribution in [3.8, 4) is 0 Å². The van der Waals surface area contributed by atoms with E-state index in [2.05, 4.69) is 40.3 Å². The van der Waals surface area contributed by atoms with Gasteiger partial charge >= 0.3 is 0 Å². The Labute approximate surface area is 120 Å². The van der Waals surface area contributed by atoms with E-state index in [9.17, 15) is 0 Å². The van der Waals surface area contributed by atoms with Crippen LogP contribution in [-0.4, -0.2) is 15.0 Å². The van der Waals surface area contributed by atoms with Crippen molar-refractivity contribution in [2.24, 2.45) is 0 Å². The van der Waals surface area contributed by atoms with Crippen molar-refractivity contribution < 1.29 is 0 Å². The van der Waals surface area contributed by atoms with Crippen molar-refractivity contribution in [2.45, 2.75) is 0 Å². The summed E-state index contributed by atoms with van der Waals surface area (Å²) in [5, 5.41) is 4.67. The molecule has 0 atom stereocenters. The highest BCUT2D eigenvalue weighted by molar-refractivity contribution is 6.13. The van der Waals surface area contributed by atoms with Crippen molar-refractivity contribution in [3.63, 3.8) is 0 Å². The van der Waals surface area contributed by atoms with Gasteiger partial charge in [-0.05, 0) is 18.2 Å². The molecule has 3 nitrogen and oxygen atoms in total. The van der Waals surface area contributed by atoms with Gasteiger partial charge in [-0.1, -0.05) is 36.4 Å². The summed E-state index contributed by atoms with van der Waals surface area (Å²) in [7, 11) is 0. The van der Waals surface area contributed by atoms with Gasteiger partial charge in [0, 0.05) is 27.1 Å². The molecule has 0 radical (unpaired) electrons. The van der Waals surface area contributed by atoms with E-state index in [1.165, 1.54) is 5.39 Å². The molecule has 3 heteroatoms. The Bertz CT molecular complexity index is 1130. The highest BCUT2D eigenvalue weighted by atomic mass is 14.9. The minimum Gasteiger partial charge on any atom is -0.339 e. The molecular formula is C18H11N3. The van der Waals surface area contributed by atoms with Crippen LogP contribution in [0.5, 0.6) is 0 Å². The molecule has 2 aromatic carbocycles. The normalized spacial score (nSPS) is 11.8. The van der Waals surface area contributed by atoms with Crippen molar-refractivity contribution in [1.29, 1.82) is 0 Å². The zero-order valence-corrected chi connectivity index (χ0v) is 11.2. The van der Waals surface area contributed by atoms with E-state index in [0.717, 1.165) is 38.4 Å². The summed E-state index contributed by atoms with van der Waals surface area (Å²) in [6.45, 7) is 0. The fourth-order valence-electron chi connectivity index (χ4n) is 3.04. The zero-order chi connectivity index (χ0) is 13.8. The number of rotatable bonds is 0. The topological polar surface area (TPSA) is 41.6 Å². The molecule has 1 N–H and O–H groups in total. The lowest BCUT2D eigenvalue weighted by Gasteiger charge is -2.02. The second-order valence-electron chi connectivity index (χ2n) is 5.26. The molecule has 0 amide bonds. The fourth-order valence-corrected chi connectivity index (χ4v) is 3.04. The highest BCUT2D eigenvalue weighted by Crippen LogP contribution is 2.30. The molecule has 5 aromatic rings. The van der Waals surface area contributed by atoms with Crippen LogP contribution in [0.4, 0.5) is 0 Å². The van der Waals surface area contributed by atoms with Crippen LogP contribution in [0.15, 0.2) is 60.8 Å². The van der Waals surface area contributed by atoms with Gasteiger partial charge in [0.25, 0.3) is 0 Å². The molecule has 0 aliphatic carbocycles. The number of hydrogen-bond donors (Lipinski definition) is 1. The Hall–Kier alpha value is -2.94. The average molecular weight is 269 g/mol. The highest BCUT2D eigenvalue weighted by Gasteiger charge is 2.09. The first-order valence-electron chi connectivity index (χ1n) is 6.95. The molecule has 5 rings (SSSR count). The van der Waals surface area contributed by atoms with Crippen molar-refractivity contribution >= 4 is 43.7 Å². The summed E-state index contributed by atoms with van der Waals surface area (Å²) in [4.78, 5) is 12.6. The third-order valence-corrected chi connectivity index (χ3v) is 4.04. The summed E-state index contributed by atoms with van der Waals surface area (Å²) < 4.78 is 0. The third kappa shape index (κ3) is 1.43. The van der Waals surface area contributed by atoms with Crippen LogP contribution < -0.4 is 0 Å². The number of H-pyrrole nitrogens is 1. The van der Waals surface area contributed by atoms with Gasteiger partial charge in [0.05, 0.1) is 17.2 Å². The number of benzene rings is 2. The second kappa shape index (κ2) is 3.79. The Kier molecular flexibility index (Phi) is 1.95. The summed E-state index contributed by atoms with van der Waals surface area (Å²) in [5.74, 6) is 0. The van der Waals surface area contributed by atoms with Gasteiger partial charge in [0.15, 0.2) is 0 Å². The third-order valence-electron chi connectivity index (χ3n) is 4.04. The number of nitrogens with one attached hydrogen (secondary N) is 1. The van der Waals surface area contributed by atoms with Gasteiger partial charge < -0.3 is 4.98 Å². The second-order valence-corrected chi connectivity index (χ2v) is 5.26. The predicted molar refractivity (Wildman–Crippen MR) is 86.4 cm³/mol. The fraction of sp³-hybridized carbons (Fsp3) is 0. The maximum Gasteiger partial charge on any atom is 0.139 e. The predicted octanol–water partition coefficient (Wildman–Crippen LogP) is 4.42. The lowest BCUT2D eigenvalue weighted by molar-refractivity contribution is 1.36.